The van der Waals surface area contributed by atoms with E-state index in [4.69, 9.17) is 0 Å². The number of benzene rings is 1. The maximum atomic E-state index is 14.7. The molecule has 0 aliphatic heterocycles. The van der Waals surface area contributed by atoms with Gasteiger partial charge in [0.2, 0.25) is 0 Å². The molecule has 45 heavy (non-hydrogen) atoms. The number of hydrogen-bond donors (Lipinski definition) is 4. The summed E-state index contributed by atoms with van der Waals surface area (Å²) in [5, 5.41) is 16.1. The smallest absolute Gasteiger partial charge is 0.181 e. The largest absolute Gasteiger partial charge is 0.384 e. The molecule has 0 aliphatic rings. The normalized spacial score (nSPS) is 12.7. The highest BCUT2D eigenvalue weighted by Crippen LogP contribution is 2.34. The van der Waals surface area contributed by atoms with Crippen LogP contribution in [0.2, 0.25) is 0 Å². The van der Waals surface area contributed by atoms with Crippen LogP contribution in [0.25, 0.3) is 50.2 Å². The molecule has 0 atom stereocenters. The lowest BCUT2D eigenvalue weighted by atomic mass is 9.92. The summed E-state index contributed by atoms with van der Waals surface area (Å²) >= 11 is 0. The number of nitrogens with one attached hydrogen (secondary N) is 4. The summed E-state index contributed by atoms with van der Waals surface area (Å²) in [5.41, 5.74) is 8.77. The van der Waals surface area contributed by atoms with Gasteiger partial charge in [0.1, 0.15) is 5.82 Å². The molecule has 4 N–H and O–H groups in total. The van der Waals surface area contributed by atoms with Crippen LogP contribution in [0, 0.1) is 11.2 Å². The van der Waals surface area contributed by atoms with Crippen molar-refractivity contribution in [1.82, 2.24) is 35.4 Å². The lowest BCUT2D eigenvalue weighted by Gasteiger charge is -2.23. The van der Waals surface area contributed by atoms with Gasteiger partial charge >= 0.3 is 0 Å². The Morgan fingerprint density at radius 1 is 1.09 bits per heavy atom. The van der Waals surface area contributed by atoms with Crippen molar-refractivity contribution in [3.05, 3.63) is 103 Å². The van der Waals surface area contributed by atoms with Crippen LogP contribution in [-0.4, -0.2) is 57.2 Å². The number of fused-ring (bicyclic) bond motifs is 2. The van der Waals surface area contributed by atoms with Crippen molar-refractivity contribution >= 4 is 33.2 Å². The number of likely N-dealkylation sites (N-methyl/N-ethyl adjacent to an activating group) is 1. The molecule has 0 bridgehead atoms. The first-order valence-corrected chi connectivity index (χ1v) is 15.0. The molecule has 0 saturated heterocycles. The number of aromatic amines is 2. The molecule has 5 aromatic rings. The maximum Gasteiger partial charge on any atom is 0.181 e. The fraction of sp³-hybridized carbons (Fsp3) is 0.250. The van der Waals surface area contributed by atoms with Crippen LogP contribution >= 0.6 is 0 Å². The number of rotatable bonds is 11. The van der Waals surface area contributed by atoms with Gasteiger partial charge in [0, 0.05) is 75.4 Å². The van der Waals surface area contributed by atoms with Crippen molar-refractivity contribution in [2.75, 3.05) is 32.5 Å². The van der Waals surface area contributed by atoms with Gasteiger partial charge in [0.15, 0.2) is 5.65 Å². The van der Waals surface area contributed by atoms with E-state index >= 15 is 0 Å². The van der Waals surface area contributed by atoms with Crippen LogP contribution in [0.15, 0.2) is 91.6 Å². The minimum atomic E-state index is -0.320. The molecule has 0 radical (unpaired) electrons. The predicted molar refractivity (Wildman–Crippen MR) is 185 cm³/mol. The van der Waals surface area contributed by atoms with Gasteiger partial charge in [-0.15, -0.1) is 0 Å². The molecule has 9 heteroatoms. The van der Waals surface area contributed by atoms with Gasteiger partial charge in [-0.05, 0) is 75.1 Å². The van der Waals surface area contributed by atoms with E-state index in [0.29, 0.717) is 29.1 Å². The summed E-state index contributed by atoms with van der Waals surface area (Å²) in [4.78, 5) is 14.9. The van der Waals surface area contributed by atoms with Gasteiger partial charge in [-0.3, -0.25) is 10.1 Å². The molecule has 0 unspecified atom stereocenters. The molecule has 0 spiro atoms. The third-order valence-electron chi connectivity index (χ3n) is 7.66. The summed E-state index contributed by atoms with van der Waals surface area (Å²) in [6.07, 6.45) is 9.41. The maximum absolute atomic E-state index is 14.7. The molecule has 5 rings (SSSR count). The highest BCUT2D eigenvalue weighted by atomic mass is 19.1. The van der Waals surface area contributed by atoms with Gasteiger partial charge in [-0.25, -0.2) is 9.37 Å². The fourth-order valence-electron chi connectivity index (χ4n) is 4.94. The predicted octanol–water partition coefficient (Wildman–Crippen LogP) is 7.90. The zero-order valence-corrected chi connectivity index (χ0v) is 26.8. The first-order valence-electron chi connectivity index (χ1n) is 15.0. The Kier molecular flexibility index (Phi) is 9.01. The van der Waals surface area contributed by atoms with E-state index in [1.165, 1.54) is 12.1 Å². The number of pyridine rings is 2. The molecular formula is C36H41FN8. The SMILES string of the molecule is C=C/C(=C\C(=C/C)c1cnc2n[nH]c(-c3cc4c(-c5cc(F)cc(NCCN(C)C)c5)nccc4[nH]3)c2c1)NC(=C)C(C)(C)C. The number of halogens is 1. The molecule has 4 heterocycles. The third-order valence-corrected chi connectivity index (χ3v) is 7.66. The third kappa shape index (κ3) is 7.05. The molecule has 232 valence electrons. The van der Waals surface area contributed by atoms with Crippen LogP contribution in [0.3, 0.4) is 0 Å². The average Bonchev–Trinajstić information content (AvgIpc) is 3.62. The van der Waals surface area contributed by atoms with Gasteiger partial charge in [-0.1, -0.05) is 40.0 Å². The van der Waals surface area contributed by atoms with Crippen LogP contribution in [-0.2, 0) is 0 Å². The van der Waals surface area contributed by atoms with Gasteiger partial charge < -0.3 is 20.5 Å². The zero-order chi connectivity index (χ0) is 32.3. The summed E-state index contributed by atoms with van der Waals surface area (Å²) in [7, 11) is 4.01. The molecule has 1 aromatic carbocycles. The molecule has 0 fully saturated rings. The van der Waals surface area contributed by atoms with Crippen molar-refractivity contribution in [3.63, 3.8) is 0 Å². The Bertz CT molecular complexity index is 1930. The number of hydrogen-bond acceptors (Lipinski definition) is 6. The Morgan fingerprint density at radius 2 is 1.89 bits per heavy atom. The van der Waals surface area contributed by atoms with E-state index in [-0.39, 0.29) is 11.2 Å². The van der Waals surface area contributed by atoms with Gasteiger partial charge in [0.25, 0.3) is 0 Å². The number of nitrogens with zero attached hydrogens (tertiary/aromatic N) is 4. The lowest BCUT2D eigenvalue weighted by molar-refractivity contribution is 0.425. The van der Waals surface area contributed by atoms with E-state index in [1.54, 1.807) is 12.3 Å². The Hall–Kier alpha value is -5.02. The Morgan fingerprint density at radius 3 is 2.60 bits per heavy atom. The fourth-order valence-corrected chi connectivity index (χ4v) is 4.94. The molecule has 8 nitrogen and oxygen atoms in total. The second-order valence-corrected chi connectivity index (χ2v) is 12.4. The summed E-state index contributed by atoms with van der Waals surface area (Å²) in [5.74, 6) is -0.320. The van der Waals surface area contributed by atoms with E-state index in [9.17, 15) is 4.39 Å². The average molecular weight is 605 g/mol. The van der Waals surface area contributed by atoms with Crippen molar-refractivity contribution in [2.45, 2.75) is 27.7 Å². The number of aromatic nitrogens is 5. The number of H-pyrrole nitrogens is 2. The number of allylic oxidation sites excluding steroid dienone is 5. The second-order valence-electron chi connectivity index (χ2n) is 12.4. The number of anilines is 1. The van der Waals surface area contributed by atoms with Crippen LogP contribution < -0.4 is 10.6 Å². The van der Waals surface area contributed by atoms with E-state index < -0.39 is 0 Å². The zero-order valence-electron chi connectivity index (χ0n) is 26.8. The molecular weight excluding hydrogens is 563 g/mol. The lowest BCUT2D eigenvalue weighted by Crippen LogP contribution is -2.22. The first kappa shape index (κ1) is 31.4. The molecule has 0 amide bonds. The topological polar surface area (TPSA) is 97.6 Å². The van der Waals surface area contributed by atoms with Crippen LogP contribution in [0.1, 0.15) is 33.3 Å². The highest BCUT2D eigenvalue weighted by Gasteiger charge is 2.17. The first-order chi connectivity index (χ1) is 21.5. The van der Waals surface area contributed by atoms with Crippen molar-refractivity contribution in [3.8, 4) is 22.6 Å². The molecule has 0 saturated carbocycles. The van der Waals surface area contributed by atoms with Crippen molar-refractivity contribution in [2.24, 2.45) is 5.41 Å². The Labute approximate surface area is 263 Å². The molecule has 4 aromatic heterocycles. The quantitative estimate of drug-likeness (QED) is 0.114. The summed E-state index contributed by atoms with van der Waals surface area (Å²) < 4.78 is 14.7. The van der Waals surface area contributed by atoms with E-state index in [1.807, 2.05) is 57.6 Å². The van der Waals surface area contributed by atoms with E-state index in [0.717, 1.165) is 56.8 Å². The van der Waals surface area contributed by atoms with E-state index in [2.05, 4.69) is 80.7 Å². The molecule has 0 aliphatic carbocycles. The second kappa shape index (κ2) is 12.9. The summed E-state index contributed by atoms with van der Waals surface area (Å²) in [6, 6.07) is 11.0. The standard InChI is InChI=1S/C36H41FN8/c1-9-23(16-27(10-2)41-22(3)36(4,5)6)25-18-30-34(43-44-35(30)40-21-25)32-20-29-31(42-32)11-12-39-33(29)24-15-26(37)19-28(17-24)38-13-14-45(7)8/h9-12,15-21,38,41-42H,2-3,13-14H2,1,4-8H3,(H,40,43,44)/b23-9+,27-16+. The minimum absolute atomic E-state index is 0.0981. The highest BCUT2D eigenvalue weighted by molar-refractivity contribution is 6.00. The Balaban J connectivity index is 1.51. The monoisotopic (exact) mass is 604 g/mol. The van der Waals surface area contributed by atoms with Gasteiger partial charge in [-0.2, -0.15) is 5.10 Å². The van der Waals surface area contributed by atoms with Crippen LogP contribution in [0.4, 0.5) is 10.1 Å². The van der Waals surface area contributed by atoms with Gasteiger partial charge in [0.05, 0.1) is 17.1 Å². The summed E-state index contributed by atoms with van der Waals surface area (Å²) in [6.45, 7) is 18.0. The minimum Gasteiger partial charge on any atom is -0.384 e. The van der Waals surface area contributed by atoms with Crippen LogP contribution in [0.5, 0.6) is 0 Å². The van der Waals surface area contributed by atoms with Crippen molar-refractivity contribution in [1.29, 1.82) is 0 Å². The van der Waals surface area contributed by atoms with Crippen molar-refractivity contribution < 1.29 is 4.39 Å².